The number of aryl methyl sites for hydroxylation is 1. The van der Waals surface area contributed by atoms with Crippen molar-refractivity contribution in [1.82, 2.24) is 9.88 Å². The lowest BCUT2D eigenvalue weighted by Gasteiger charge is -2.18. The Morgan fingerprint density at radius 2 is 2.18 bits per heavy atom. The van der Waals surface area contributed by atoms with Gasteiger partial charge in [-0.25, -0.2) is 0 Å². The summed E-state index contributed by atoms with van der Waals surface area (Å²) >= 11 is 0. The van der Waals surface area contributed by atoms with Crippen LogP contribution in [0.15, 0.2) is 29.1 Å². The van der Waals surface area contributed by atoms with Gasteiger partial charge in [-0.15, -0.1) is 0 Å². The molecular formula is C17H22N2O3. The van der Waals surface area contributed by atoms with Crippen molar-refractivity contribution in [2.45, 2.75) is 26.3 Å². The van der Waals surface area contributed by atoms with E-state index >= 15 is 0 Å². The average molecular weight is 302 g/mol. The standard InChI is InChI=1S/C17H22N2O3/c1-11-7-14(22-2)10-16(20)19(11)6-5-18-17(21)15-9-12-3-4-13(15)8-12/h3-4,7,10,12-13,15H,5-6,8-9H2,1-2H3,(H,18,21). The minimum atomic E-state index is -0.103. The summed E-state index contributed by atoms with van der Waals surface area (Å²) in [6.45, 7) is 2.83. The number of ether oxygens (including phenoxy) is 1. The zero-order chi connectivity index (χ0) is 15.7. The first kappa shape index (κ1) is 14.9. The molecule has 3 unspecified atom stereocenters. The Balaban J connectivity index is 1.56. The molecule has 0 spiro atoms. The van der Waals surface area contributed by atoms with Crippen LogP contribution >= 0.6 is 0 Å². The van der Waals surface area contributed by atoms with Gasteiger partial charge in [-0.3, -0.25) is 9.59 Å². The van der Waals surface area contributed by atoms with E-state index in [2.05, 4.69) is 17.5 Å². The molecule has 1 aromatic heterocycles. The third-order valence-corrected chi connectivity index (χ3v) is 4.79. The van der Waals surface area contributed by atoms with E-state index in [0.717, 1.165) is 18.5 Å². The van der Waals surface area contributed by atoms with Gasteiger partial charge in [-0.05, 0) is 37.7 Å². The summed E-state index contributed by atoms with van der Waals surface area (Å²) in [5, 5.41) is 2.98. The Bertz CT molecular complexity index is 662. The molecular weight excluding hydrogens is 280 g/mol. The second-order valence-electron chi connectivity index (χ2n) is 6.20. The molecule has 2 bridgehead atoms. The number of aromatic nitrogens is 1. The first-order valence-electron chi connectivity index (χ1n) is 7.80. The fraction of sp³-hybridized carbons (Fsp3) is 0.529. The first-order chi connectivity index (χ1) is 10.6. The van der Waals surface area contributed by atoms with Crippen LogP contribution in [0.4, 0.5) is 0 Å². The van der Waals surface area contributed by atoms with Crippen molar-refractivity contribution >= 4 is 5.91 Å². The molecule has 1 heterocycles. The Morgan fingerprint density at radius 1 is 1.36 bits per heavy atom. The van der Waals surface area contributed by atoms with Crippen molar-refractivity contribution in [1.29, 1.82) is 0 Å². The SMILES string of the molecule is COc1cc(C)n(CCNC(=O)C2CC3C=CC2C3)c(=O)c1. The molecule has 1 fully saturated rings. The average Bonchev–Trinajstić information content (AvgIpc) is 3.12. The molecule has 1 saturated carbocycles. The molecule has 3 rings (SSSR count). The van der Waals surface area contributed by atoms with Crippen LogP contribution in [0.2, 0.25) is 0 Å². The zero-order valence-electron chi connectivity index (χ0n) is 13.0. The summed E-state index contributed by atoms with van der Waals surface area (Å²) in [7, 11) is 1.54. The lowest BCUT2D eigenvalue weighted by Crippen LogP contribution is -2.36. The van der Waals surface area contributed by atoms with Crippen LogP contribution in [-0.2, 0) is 11.3 Å². The lowest BCUT2D eigenvalue weighted by molar-refractivity contribution is -0.125. The maximum atomic E-state index is 12.2. The minimum Gasteiger partial charge on any atom is -0.496 e. The number of nitrogens with one attached hydrogen (secondary N) is 1. The summed E-state index contributed by atoms with van der Waals surface area (Å²) in [5.41, 5.74) is 0.732. The lowest BCUT2D eigenvalue weighted by atomic mass is 9.93. The van der Waals surface area contributed by atoms with E-state index < -0.39 is 0 Å². The molecule has 22 heavy (non-hydrogen) atoms. The molecule has 2 aliphatic carbocycles. The first-order valence-corrected chi connectivity index (χ1v) is 7.80. The number of allylic oxidation sites excluding steroid dienone is 2. The van der Waals surface area contributed by atoms with Gasteiger partial charge in [0.05, 0.1) is 7.11 Å². The molecule has 0 aromatic carbocycles. The van der Waals surface area contributed by atoms with Crippen LogP contribution < -0.4 is 15.6 Å². The van der Waals surface area contributed by atoms with E-state index in [0.29, 0.717) is 30.7 Å². The highest BCUT2D eigenvalue weighted by molar-refractivity contribution is 5.79. The topological polar surface area (TPSA) is 60.3 Å². The molecule has 3 atom stereocenters. The van der Waals surface area contributed by atoms with Crippen LogP contribution in [0, 0.1) is 24.7 Å². The van der Waals surface area contributed by atoms with Gasteiger partial charge in [0.25, 0.3) is 5.56 Å². The molecule has 0 radical (unpaired) electrons. The van der Waals surface area contributed by atoms with Crippen LogP contribution in [0.25, 0.3) is 0 Å². The molecule has 1 amide bonds. The molecule has 1 N–H and O–H groups in total. The number of fused-ring (bicyclic) bond motifs is 2. The number of carbonyl (C=O) groups is 1. The van der Waals surface area contributed by atoms with Gasteiger partial charge >= 0.3 is 0 Å². The van der Waals surface area contributed by atoms with Crippen LogP contribution in [0.1, 0.15) is 18.5 Å². The number of hydrogen-bond donors (Lipinski definition) is 1. The smallest absolute Gasteiger partial charge is 0.254 e. The van der Waals surface area contributed by atoms with Crippen LogP contribution in [-0.4, -0.2) is 24.1 Å². The fourth-order valence-electron chi connectivity index (χ4n) is 3.61. The van der Waals surface area contributed by atoms with E-state index in [9.17, 15) is 9.59 Å². The molecule has 5 nitrogen and oxygen atoms in total. The van der Waals surface area contributed by atoms with Crippen molar-refractivity contribution < 1.29 is 9.53 Å². The Labute approximate surface area is 130 Å². The maximum absolute atomic E-state index is 12.2. The number of methoxy groups -OCH3 is 1. The normalized spacial score (nSPS) is 25.5. The number of nitrogens with zero attached hydrogens (tertiary/aromatic N) is 1. The Kier molecular flexibility index (Phi) is 4.05. The third-order valence-electron chi connectivity index (χ3n) is 4.79. The molecule has 118 valence electrons. The van der Waals surface area contributed by atoms with Gasteiger partial charge in [0, 0.05) is 30.8 Å². The van der Waals surface area contributed by atoms with Crippen LogP contribution in [0.3, 0.4) is 0 Å². The second kappa shape index (κ2) is 5.99. The minimum absolute atomic E-state index is 0.103. The third kappa shape index (κ3) is 2.80. The number of amides is 1. The number of carbonyl (C=O) groups excluding carboxylic acids is 1. The largest absolute Gasteiger partial charge is 0.496 e. The predicted octanol–water partition coefficient (Wildman–Crippen LogP) is 1.49. The highest BCUT2D eigenvalue weighted by atomic mass is 16.5. The van der Waals surface area contributed by atoms with Crippen molar-refractivity contribution in [3.63, 3.8) is 0 Å². The Morgan fingerprint density at radius 3 is 2.77 bits per heavy atom. The van der Waals surface area contributed by atoms with E-state index in [1.54, 1.807) is 11.7 Å². The number of hydrogen-bond acceptors (Lipinski definition) is 3. The van der Waals surface area contributed by atoms with Crippen molar-refractivity contribution in [3.05, 3.63) is 40.3 Å². The maximum Gasteiger partial charge on any atom is 0.254 e. The summed E-state index contributed by atoms with van der Waals surface area (Å²) in [6.07, 6.45) is 6.49. The molecule has 5 heteroatoms. The Hall–Kier alpha value is -2.04. The quantitative estimate of drug-likeness (QED) is 0.838. The predicted molar refractivity (Wildman–Crippen MR) is 83.8 cm³/mol. The van der Waals surface area contributed by atoms with Gasteiger partial charge in [0.15, 0.2) is 0 Å². The van der Waals surface area contributed by atoms with Gasteiger partial charge in [-0.1, -0.05) is 12.2 Å². The van der Waals surface area contributed by atoms with Crippen LogP contribution in [0.5, 0.6) is 5.75 Å². The fourth-order valence-corrected chi connectivity index (χ4v) is 3.61. The highest BCUT2D eigenvalue weighted by Gasteiger charge is 2.39. The van der Waals surface area contributed by atoms with Crippen molar-refractivity contribution in [3.8, 4) is 5.75 Å². The van der Waals surface area contributed by atoms with E-state index in [1.807, 2.05) is 13.0 Å². The molecule has 0 saturated heterocycles. The monoisotopic (exact) mass is 302 g/mol. The summed E-state index contributed by atoms with van der Waals surface area (Å²) in [5.74, 6) is 1.80. The summed E-state index contributed by atoms with van der Waals surface area (Å²) in [6, 6.07) is 3.29. The molecule has 2 aliphatic rings. The van der Waals surface area contributed by atoms with Crippen molar-refractivity contribution in [2.75, 3.05) is 13.7 Å². The highest BCUT2D eigenvalue weighted by Crippen LogP contribution is 2.43. The zero-order valence-corrected chi connectivity index (χ0v) is 13.0. The van der Waals surface area contributed by atoms with E-state index in [4.69, 9.17) is 4.74 Å². The number of rotatable bonds is 5. The molecule has 0 aliphatic heterocycles. The van der Waals surface area contributed by atoms with Gasteiger partial charge in [-0.2, -0.15) is 0 Å². The summed E-state index contributed by atoms with van der Waals surface area (Å²) < 4.78 is 6.74. The van der Waals surface area contributed by atoms with Gasteiger partial charge < -0.3 is 14.6 Å². The van der Waals surface area contributed by atoms with Crippen molar-refractivity contribution in [2.24, 2.45) is 17.8 Å². The van der Waals surface area contributed by atoms with E-state index in [-0.39, 0.29) is 17.4 Å². The number of pyridine rings is 1. The second-order valence-corrected chi connectivity index (χ2v) is 6.20. The van der Waals surface area contributed by atoms with E-state index in [1.165, 1.54) is 6.07 Å². The molecule has 1 aromatic rings. The summed E-state index contributed by atoms with van der Waals surface area (Å²) in [4.78, 5) is 24.3. The van der Waals surface area contributed by atoms with Gasteiger partial charge in [0.1, 0.15) is 5.75 Å². The van der Waals surface area contributed by atoms with Gasteiger partial charge in [0.2, 0.25) is 5.91 Å².